The van der Waals surface area contributed by atoms with Crippen LogP contribution < -0.4 is 4.90 Å². The Morgan fingerprint density at radius 2 is 1.85 bits per heavy atom. The van der Waals surface area contributed by atoms with Gasteiger partial charge in [-0.2, -0.15) is 5.26 Å². The van der Waals surface area contributed by atoms with Crippen LogP contribution in [-0.4, -0.2) is 58.8 Å². The molecule has 1 aromatic heterocycles. The quantitative estimate of drug-likeness (QED) is 0.651. The Morgan fingerprint density at radius 3 is 2.48 bits per heavy atom. The fraction of sp³-hybridized carbons (Fsp3) is 0.615. The van der Waals surface area contributed by atoms with Gasteiger partial charge < -0.3 is 14.7 Å². The van der Waals surface area contributed by atoms with Crippen molar-refractivity contribution in [3.63, 3.8) is 0 Å². The standard InChI is InChI=1S/C26H31N5O2/c1-2-23(32)29-10-9-19-21(14-29)20(13-27)25(28-24(19)17-5-6-17)30-11-12-31(26(33)18-7-8-18)22(15-30)16-3-4-16/h2,16-18,22H,1,3-12,14-15H2/t22-/m0/s1. The van der Waals surface area contributed by atoms with Crippen LogP contribution in [0.3, 0.4) is 0 Å². The maximum Gasteiger partial charge on any atom is 0.246 e. The van der Waals surface area contributed by atoms with E-state index in [1.807, 2.05) is 0 Å². The zero-order valence-electron chi connectivity index (χ0n) is 19.1. The Labute approximate surface area is 195 Å². The van der Waals surface area contributed by atoms with Crippen LogP contribution in [0.15, 0.2) is 12.7 Å². The van der Waals surface area contributed by atoms with Gasteiger partial charge in [0.25, 0.3) is 0 Å². The monoisotopic (exact) mass is 445 g/mol. The first-order valence-corrected chi connectivity index (χ1v) is 12.5. The Bertz CT molecular complexity index is 1060. The third kappa shape index (κ3) is 3.70. The van der Waals surface area contributed by atoms with E-state index in [-0.39, 0.29) is 17.9 Å². The minimum Gasteiger partial charge on any atom is -0.352 e. The predicted octanol–water partition coefficient (Wildman–Crippen LogP) is 2.74. The average molecular weight is 446 g/mol. The number of amides is 2. The van der Waals surface area contributed by atoms with E-state index in [1.54, 1.807) is 4.90 Å². The second-order valence-electron chi connectivity index (χ2n) is 10.4. The van der Waals surface area contributed by atoms with Gasteiger partial charge in [0, 0.05) is 50.3 Å². The molecule has 3 saturated carbocycles. The number of hydrogen-bond donors (Lipinski definition) is 0. The molecule has 7 heteroatoms. The molecule has 3 heterocycles. The summed E-state index contributed by atoms with van der Waals surface area (Å²) in [7, 11) is 0. The van der Waals surface area contributed by atoms with Crippen molar-refractivity contribution in [2.75, 3.05) is 31.1 Å². The third-order valence-electron chi connectivity index (χ3n) is 8.06. The summed E-state index contributed by atoms with van der Waals surface area (Å²) in [4.78, 5) is 36.6. The first-order chi connectivity index (χ1) is 16.1. The third-order valence-corrected chi connectivity index (χ3v) is 8.06. The first-order valence-electron chi connectivity index (χ1n) is 12.5. The van der Waals surface area contributed by atoms with Crippen molar-refractivity contribution >= 4 is 17.6 Å². The molecule has 7 nitrogen and oxygen atoms in total. The van der Waals surface area contributed by atoms with Gasteiger partial charge in [-0.15, -0.1) is 0 Å². The topological polar surface area (TPSA) is 80.5 Å². The molecule has 1 atom stereocenters. The first kappa shape index (κ1) is 20.7. The largest absolute Gasteiger partial charge is 0.352 e. The van der Waals surface area contributed by atoms with E-state index < -0.39 is 0 Å². The van der Waals surface area contributed by atoms with Crippen LogP contribution >= 0.6 is 0 Å². The average Bonchev–Trinajstić information content (AvgIpc) is 3.70. The number of aromatic nitrogens is 1. The van der Waals surface area contributed by atoms with Crippen molar-refractivity contribution < 1.29 is 9.59 Å². The van der Waals surface area contributed by atoms with E-state index in [4.69, 9.17) is 4.98 Å². The molecule has 1 saturated heterocycles. The zero-order valence-corrected chi connectivity index (χ0v) is 19.1. The summed E-state index contributed by atoms with van der Waals surface area (Å²) >= 11 is 0. The van der Waals surface area contributed by atoms with Gasteiger partial charge in [-0.25, -0.2) is 4.98 Å². The highest BCUT2D eigenvalue weighted by Gasteiger charge is 2.45. The molecule has 2 amide bonds. The summed E-state index contributed by atoms with van der Waals surface area (Å²) in [5.41, 5.74) is 3.93. The molecule has 3 aliphatic carbocycles. The number of nitrogens with zero attached hydrogens (tertiary/aromatic N) is 5. The molecule has 0 radical (unpaired) electrons. The molecule has 0 N–H and O–H groups in total. The Balaban J connectivity index is 1.36. The number of rotatable bonds is 5. The Hall–Kier alpha value is -2.88. The van der Waals surface area contributed by atoms with Gasteiger partial charge in [0.05, 0.1) is 11.6 Å². The van der Waals surface area contributed by atoms with Gasteiger partial charge in [0.1, 0.15) is 11.9 Å². The highest BCUT2D eigenvalue weighted by molar-refractivity contribution is 5.87. The van der Waals surface area contributed by atoms with E-state index >= 15 is 0 Å². The van der Waals surface area contributed by atoms with E-state index in [0.29, 0.717) is 49.5 Å². The van der Waals surface area contributed by atoms with Crippen LogP contribution in [0.1, 0.15) is 66.8 Å². The number of carbonyl (C=O) groups excluding carboxylic acids is 2. The highest BCUT2D eigenvalue weighted by Crippen LogP contribution is 2.45. The molecule has 0 spiro atoms. The lowest BCUT2D eigenvalue weighted by Crippen LogP contribution is -2.57. The van der Waals surface area contributed by atoms with Crippen LogP contribution in [-0.2, 0) is 22.6 Å². The number of hydrogen-bond acceptors (Lipinski definition) is 5. The van der Waals surface area contributed by atoms with Gasteiger partial charge in [-0.3, -0.25) is 9.59 Å². The fourth-order valence-electron chi connectivity index (χ4n) is 5.73. The second-order valence-corrected chi connectivity index (χ2v) is 10.4. The van der Waals surface area contributed by atoms with Crippen molar-refractivity contribution in [1.82, 2.24) is 14.8 Å². The normalized spacial score (nSPS) is 24.8. The van der Waals surface area contributed by atoms with Crippen molar-refractivity contribution in [3.05, 3.63) is 35.0 Å². The summed E-state index contributed by atoms with van der Waals surface area (Å²) in [6.07, 6.45) is 8.83. The van der Waals surface area contributed by atoms with Crippen LogP contribution in [0.25, 0.3) is 0 Å². The summed E-state index contributed by atoms with van der Waals surface area (Å²) in [5, 5.41) is 10.2. The Kier molecular flexibility index (Phi) is 4.93. The maximum absolute atomic E-state index is 12.9. The van der Waals surface area contributed by atoms with E-state index in [1.165, 1.54) is 24.5 Å². The summed E-state index contributed by atoms with van der Waals surface area (Å²) in [5.74, 6) is 2.31. The molecule has 4 fully saturated rings. The van der Waals surface area contributed by atoms with Crippen LogP contribution in [0.2, 0.25) is 0 Å². The lowest BCUT2D eigenvalue weighted by atomic mass is 9.92. The van der Waals surface area contributed by atoms with Gasteiger partial charge in [-0.05, 0) is 68.1 Å². The van der Waals surface area contributed by atoms with Crippen molar-refractivity contribution in [2.45, 2.75) is 63.5 Å². The Morgan fingerprint density at radius 1 is 1.06 bits per heavy atom. The molecule has 1 aromatic rings. The molecule has 0 bridgehead atoms. The molecule has 0 aromatic carbocycles. The smallest absolute Gasteiger partial charge is 0.246 e. The predicted molar refractivity (Wildman–Crippen MR) is 123 cm³/mol. The molecule has 5 aliphatic rings. The lowest BCUT2D eigenvalue weighted by Gasteiger charge is -2.43. The highest BCUT2D eigenvalue weighted by atomic mass is 16.2. The van der Waals surface area contributed by atoms with Crippen LogP contribution in [0.4, 0.5) is 5.82 Å². The van der Waals surface area contributed by atoms with E-state index in [9.17, 15) is 14.9 Å². The number of fused-ring (bicyclic) bond motifs is 1. The lowest BCUT2D eigenvalue weighted by molar-refractivity contribution is -0.135. The molecule has 172 valence electrons. The number of pyridine rings is 1. The summed E-state index contributed by atoms with van der Waals surface area (Å²) in [6.45, 7) is 6.91. The molecule has 33 heavy (non-hydrogen) atoms. The number of piperazine rings is 1. The second kappa shape index (κ2) is 7.86. The molecular weight excluding hydrogens is 414 g/mol. The minimum atomic E-state index is -0.0862. The zero-order chi connectivity index (χ0) is 22.7. The molecule has 6 rings (SSSR count). The molecular formula is C26H31N5O2. The summed E-state index contributed by atoms with van der Waals surface area (Å²) < 4.78 is 0. The molecule has 2 aliphatic heterocycles. The van der Waals surface area contributed by atoms with E-state index in [2.05, 4.69) is 22.4 Å². The summed E-state index contributed by atoms with van der Waals surface area (Å²) in [6, 6.07) is 2.68. The van der Waals surface area contributed by atoms with Gasteiger partial charge in [0.2, 0.25) is 11.8 Å². The molecule has 0 unspecified atom stereocenters. The number of anilines is 1. The van der Waals surface area contributed by atoms with Crippen LogP contribution in [0, 0.1) is 23.2 Å². The van der Waals surface area contributed by atoms with E-state index in [0.717, 1.165) is 55.7 Å². The fourth-order valence-corrected chi connectivity index (χ4v) is 5.73. The maximum atomic E-state index is 12.9. The van der Waals surface area contributed by atoms with Crippen molar-refractivity contribution in [2.24, 2.45) is 11.8 Å². The van der Waals surface area contributed by atoms with Crippen LogP contribution in [0.5, 0.6) is 0 Å². The van der Waals surface area contributed by atoms with Gasteiger partial charge in [0.15, 0.2) is 0 Å². The van der Waals surface area contributed by atoms with Crippen molar-refractivity contribution in [3.8, 4) is 6.07 Å². The number of carbonyl (C=O) groups is 2. The van der Waals surface area contributed by atoms with Gasteiger partial charge in [-0.1, -0.05) is 6.58 Å². The van der Waals surface area contributed by atoms with Gasteiger partial charge >= 0.3 is 0 Å². The minimum absolute atomic E-state index is 0.0862. The SMILES string of the molecule is C=CC(=O)N1CCc2c(C3CC3)nc(N3CCN(C(=O)C4CC4)[C@H](C4CC4)C3)c(C#N)c2C1. The van der Waals surface area contributed by atoms with Crippen molar-refractivity contribution in [1.29, 1.82) is 5.26 Å². The number of nitriles is 1.